The zero-order valence-corrected chi connectivity index (χ0v) is 37.8. The minimum absolute atomic E-state index is 0.123. The van der Waals surface area contributed by atoms with E-state index in [1.54, 1.807) is 57.2 Å². The number of aliphatic carboxylic acids is 1. The summed E-state index contributed by atoms with van der Waals surface area (Å²) in [5.74, 6) is -6.62. The second-order valence-corrected chi connectivity index (χ2v) is 17.8. The van der Waals surface area contributed by atoms with Crippen LogP contribution in [0, 0.1) is 23.7 Å². The first-order valence-electron chi connectivity index (χ1n) is 22.5. The molecule has 0 aliphatic carbocycles. The third-order valence-corrected chi connectivity index (χ3v) is 12.4. The molecule has 16 nitrogen and oxygen atoms in total. The first-order valence-corrected chi connectivity index (χ1v) is 22.5. The van der Waals surface area contributed by atoms with E-state index in [1.807, 2.05) is 62.5 Å². The van der Waals surface area contributed by atoms with Gasteiger partial charge in [-0.25, -0.2) is 0 Å². The Balaban J connectivity index is 1.84. The second-order valence-electron chi connectivity index (χ2n) is 17.8. The van der Waals surface area contributed by atoms with Crippen LogP contribution in [0.15, 0.2) is 85.1 Å². The molecule has 0 amide bonds. The van der Waals surface area contributed by atoms with Crippen molar-refractivity contribution in [2.75, 3.05) is 0 Å². The molecule has 2 saturated heterocycles. The average Bonchev–Trinajstić information content (AvgIpc) is 3.20. The van der Waals surface area contributed by atoms with Gasteiger partial charge in [0.05, 0.1) is 61.4 Å². The largest absolute Gasteiger partial charge is 0.481 e. The molecule has 0 saturated carbocycles. The number of cyclic esters (lactones) is 1. The van der Waals surface area contributed by atoms with Crippen molar-refractivity contribution in [3.05, 3.63) is 85.1 Å². The molecule has 11 N–H and O–H groups in total. The number of esters is 1. The number of allylic oxidation sites excluding steroid dienone is 12. The molecule has 3 rings (SSSR count). The fourth-order valence-corrected chi connectivity index (χ4v) is 8.15. The number of aliphatic hydroxyl groups excluding tert-OH is 7. The Hall–Kier alpha value is -3.36. The SMILES string of the molecule is CC1OC(O[C@H]2/C=C/C=C/C=C/C=C/C=C/C=C/C=C/[C@H](C)[C@@H](O)[C@@H](C)[C@H](C)OC(=O)C[C@H](O)C[C@H](O)CCC[C@H](O)C[C@H](O)C[C@]3(O)C[C@H](O)[C@@H](C(=O)O)C(C2)O3)C(O)C(N)C1C. The molecule has 0 aromatic heterocycles. The number of nitrogens with two attached hydrogens (primary N) is 1. The maximum Gasteiger partial charge on any atom is 0.311 e. The van der Waals surface area contributed by atoms with Crippen molar-refractivity contribution < 1.29 is 74.5 Å². The third kappa shape index (κ3) is 18.5. The van der Waals surface area contributed by atoms with Gasteiger partial charge >= 0.3 is 11.9 Å². The van der Waals surface area contributed by atoms with Gasteiger partial charge in [0, 0.05) is 37.1 Å². The van der Waals surface area contributed by atoms with Crippen molar-refractivity contribution in [1.29, 1.82) is 0 Å². The minimum atomic E-state index is -2.20. The van der Waals surface area contributed by atoms with Crippen LogP contribution in [0.25, 0.3) is 0 Å². The van der Waals surface area contributed by atoms with Gasteiger partial charge in [-0.15, -0.1) is 0 Å². The molecule has 362 valence electrons. The van der Waals surface area contributed by atoms with Crippen LogP contribution in [-0.4, -0.2) is 143 Å². The van der Waals surface area contributed by atoms with E-state index in [-0.39, 0.29) is 56.5 Å². The lowest BCUT2D eigenvalue weighted by Gasteiger charge is -2.45. The van der Waals surface area contributed by atoms with Crippen molar-refractivity contribution in [3.8, 4) is 0 Å². The highest BCUT2D eigenvalue weighted by Gasteiger charge is 2.50. The molecular formula is C48H75NO15. The molecule has 0 spiro atoms. The Labute approximate surface area is 377 Å². The van der Waals surface area contributed by atoms with Gasteiger partial charge in [-0.2, -0.15) is 0 Å². The van der Waals surface area contributed by atoms with E-state index >= 15 is 0 Å². The predicted molar refractivity (Wildman–Crippen MR) is 239 cm³/mol. The Bertz CT molecular complexity index is 1630. The van der Waals surface area contributed by atoms with E-state index in [4.69, 9.17) is 24.7 Å². The topological polar surface area (TPSA) is 279 Å². The predicted octanol–water partition coefficient (Wildman–Crippen LogP) is 3.02. The van der Waals surface area contributed by atoms with Crippen LogP contribution in [0.1, 0.15) is 92.4 Å². The van der Waals surface area contributed by atoms with Crippen LogP contribution in [0.5, 0.6) is 0 Å². The van der Waals surface area contributed by atoms with Gasteiger partial charge in [-0.1, -0.05) is 106 Å². The van der Waals surface area contributed by atoms with Crippen LogP contribution in [0.4, 0.5) is 0 Å². The summed E-state index contributed by atoms with van der Waals surface area (Å²) < 4.78 is 23.6. The lowest BCUT2D eigenvalue weighted by molar-refractivity contribution is -0.306. The summed E-state index contributed by atoms with van der Waals surface area (Å²) in [7, 11) is 0. The molecule has 2 bridgehead atoms. The number of carboxylic acids is 1. The van der Waals surface area contributed by atoms with Crippen LogP contribution in [-0.2, 0) is 28.5 Å². The van der Waals surface area contributed by atoms with Crippen molar-refractivity contribution >= 4 is 11.9 Å². The molecule has 0 radical (unpaired) electrons. The lowest BCUT2D eigenvalue weighted by Crippen LogP contribution is -2.58. The summed E-state index contributed by atoms with van der Waals surface area (Å²) in [5.41, 5.74) is 6.27. The number of aliphatic hydroxyl groups is 8. The Morgan fingerprint density at radius 1 is 0.688 bits per heavy atom. The van der Waals surface area contributed by atoms with Gasteiger partial charge in [0.25, 0.3) is 0 Å². The second kappa shape index (κ2) is 27.3. The zero-order chi connectivity index (χ0) is 47.6. The van der Waals surface area contributed by atoms with E-state index in [0.717, 1.165) is 0 Å². The molecule has 3 aliphatic rings. The van der Waals surface area contributed by atoms with E-state index in [9.17, 15) is 55.5 Å². The van der Waals surface area contributed by atoms with E-state index < -0.39 is 116 Å². The number of rotatable bonds is 3. The standard InChI is InChI=1S/C48H75NO15/c1-29-19-16-14-12-10-8-6-7-9-11-13-15-17-22-38(63-47-45(57)43(49)30(2)32(4)62-47)26-40-42(46(58)59)39(54)28-48(60,64-40)27-37(53)24-35(51)21-18-20-34(50)23-36(52)25-41(55)61-33(5)31(3)44(29)56/h6-17,19,22,29-40,42-45,47,50-54,56-57,60H,18,20-21,23-28,49H2,1-5H3,(H,58,59)/b7-6+,10-8+,11-9+,14-12+,15-13+,19-16+,22-17+/t29-,30?,31-,32?,33-,34+,35-,36+,37-,38-,39-,40?,42+,43?,44+,45?,47?,48+/m0/s1. The van der Waals surface area contributed by atoms with Crippen molar-refractivity contribution in [2.45, 2.75) is 178 Å². The maximum atomic E-state index is 12.6. The third-order valence-electron chi connectivity index (χ3n) is 12.4. The molecule has 2 fully saturated rings. The van der Waals surface area contributed by atoms with E-state index in [1.165, 1.54) is 0 Å². The highest BCUT2D eigenvalue weighted by atomic mass is 16.7. The highest BCUT2D eigenvalue weighted by molar-refractivity contribution is 5.71. The van der Waals surface area contributed by atoms with Gasteiger partial charge in [0.15, 0.2) is 12.1 Å². The van der Waals surface area contributed by atoms with Crippen LogP contribution < -0.4 is 5.73 Å². The fourth-order valence-electron chi connectivity index (χ4n) is 8.15. The number of ether oxygens (including phenoxy) is 4. The summed E-state index contributed by atoms with van der Waals surface area (Å²) in [6, 6.07) is -0.684. The molecule has 0 aromatic carbocycles. The van der Waals surface area contributed by atoms with E-state index in [0.29, 0.717) is 6.42 Å². The molecule has 64 heavy (non-hydrogen) atoms. The lowest BCUT2D eigenvalue weighted by atomic mass is 9.82. The van der Waals surface area contributed by atoms with Crippen molar-refractivity contribution in [2.24, 2.45) is 29.4 Å². The molecule has 0 aromatic rings. The summed E-state index contributed by atoms with van der Waals surface area (Å²) >= 11 is 0. The summed E-state index contributed by atoms with van der Waals surface area (Å²) in [6.45, 7) is 8.93. The number of carbonyl (C=O) groups excluding carboxylic acids is 1. The monoisotopic (exact) mass is 906 g/mol. The molecule has 3 heterocycles. The molecule has 18 atom stereocenters. The maximum absolute atomic E-state index is 12.6. The number of hydrogen-bond acceptors (Lipinski definition) is 15. The highest BCUT2D eigenvalue weighted by Crippen LogP contribution is 2.38. The van der Waals surface area contributed by atoms with Gasteiger partial charge < -0.3 is 70.6 Å². The molecule has 3 aliphatic heterocycles. The summed E-state index contributed by atoms with van der Waals surface area (Å²) in [5, 5.41) is 97.4. The van der Waals surface area contributed by atoms with Crippen LogP contribution in [0.2, 0.25) is 0 Å². The smallest absolute Gasteiger partial charge is 0.311 e. The van der Waals surface area contributed by atoms with Gasteiger partial charge in [-0.05, 0) is 51.9 Å². The minimum Gasteiger partial charge on any atom is -0.481 e. The normalized spacial score (nSPS) is 44.8. The van der Waals surface area contributed by atoms with Crippen LogP contribution >= 0.6 is 0 Å². The van der Waals surface area contributed by atoms with Crippen LogP contribution in [0.3, 0.4) is 0 Å². The quantitative estimate of drug-likeness (QED) is 0.182. The van der Waals surface area contributed by atoms with Crippen molar-refractivity contribution in [3.63, 3.8) is 0 Å². The zero-order valence-electron chi connectivity index (χ0n) is 37.8. The molecule has 6 unspecified atom stereocenters. The molecular weight excluding hydrogens is 831 g/mol. The number of carboxylic acid groups (broad SMARTS) is 1. The Morgan fingerprint density at radius 2 is 1.22 bits per heavy atom. The fraction of sp³-hybridized carbons (Fsp3) is 0.667. The number of fused-ring (bicyclic) bond motifs is 2. The van der Waals surface area contributed by atoms with Gasteiger partial charge in [0.2, 0.25) is 0 Å². The first kappa shape index (κ1) is 55.0. The van der Waals surface area contributed by atoms with Gasteiger partial charge in [0.1, 0.15) is 18.1 Å². The Morgan fingerprint density at radius 3 is 1.78 bits per heavy atom. The van der Waals surface area contributed by atoms with E-state index in [2.05, 4.69) is 0 Å². The van der Waals surface area contributed by atoms with Gasteiger partial charge in [-0.3, -0.25) is 9.59 Å². The number of carbonyl (C=O) groups is 2. The number of hydrogen-bond donors (Lipinski definition) is 10. The van der Waals surface area contributed by atoms with Crippen molar-refractivity contribution in [1.82, 2.24) is 0 Å². The summed E-state index contributed by atoms with van der Waals surface area (Å²) in [6.07, 6.45) is 10.7. The average molecular weight is 906 g/mol. The molecule has 16 heteroatoms. The Kier molecular flexibility index (Phi) is 23.5. The summed E-state index contributed by atoms with van der Waals surface area (Å²) in [4.78, 5) is 25.1. The first-order chi connectivity index (χ1) is 30.2.